The summed E-state index contributed by atoms with van der Waals surface area (Å²) in [4.78, 5) is 6.57. The van der Waals surface area contributed by atoms with Gasteiger partial charge in [-0.05, 0) is 36.4 Å². The molecule has 0 amide bonds. The maximum absolute atomic E-state index is 13.6. The predicted molar refractivity (Wildman–Crippen MR) is 120 cm³/mol. The number of anilines is 2. The van der Waals surface area contributed by atoms with Gasteiger partial charge < -0.3 is 14.8 Å². The number of alkyl halides is 2. The Bertz CT molecular complexity index is 1030. The van der Waals surface area contributed by atoms with Crippen LogP contribution in [0.4, 0.5) is 24.0 Å². The molecule has 0 bridgehead atoms. The molecule has 1 aliphatic heterocycles. The average molecular weight is 464 g/mol. The minimum atomic E-state index is -2.53. The number of hydrogen-bond donors (Lipinski definition) is 1. The molecule has 0 atom stereocenters. The van der Waals surface area contributed by atoms with E-state index in [1.54, 1.807) is 6.07 Å². The summed E-state index contributed by atoms with van der Waals surface area (Å²) in [6.07, 6.45) is -0.170. The van der Waals surface area contributed by atoms with Crippen molar-refractivity contribution in [2.45, 2.75) is 18.8 Å². The van der Waals surface area contributed by atoms with Crippen molar-refractivity contribution in [2.75, 3.05) is 38.7 Å². The van der Waals surface area contributed by atoms with Gasteiger partial charge in [0.15, 0.2) is 5.13 Å². The topological polar surface area (TPSA) is 46.6 Å². The van der Waals surface area contributed by atoms with Gasteiger partial charge in [-0.2, -0.15) is 0 Å². The van der Waals surface area contributed by atoms with Crippen LogP contribution in [0.3, 0.4) is 0 Å². The lowest BCUT2D eigenvalue weighted by Crippen LogP contribution is -2.41. The summed E-state index contributed by atoms with van der Waals surface area (Å²) in [5.74, 6) is -1.64. The van der Waals surface area contributed by atoms with E-state index in [4.69, 9.17) is 9.47 Å². The molecule has 170 valence electrons. The quantitative estimate of drug-likeness (QED) is 0.457. The number of benzene rings is 2. The first kappa shape index (κ1) is 22.4. The van der Waals surface area contributed by atoms with Crippen molar-refractivity contribution in [1.29, 1.82) is 0 Å². The molecule has 0 aliphatic carbocycles. The fourth-order valence-corrected chi connectivity index (χ4v) is 4.21. The summed E-state index contributed by atoms with van der Waals surface area (Å²) in [7, 11) is 1.53. The second-order valence-corrected chi connectivity index (χ2v) is 8.44. The summed E-state index contributed by atoms with van der Waals surface area (Å²) < 4.78 is 51.0. The number of ether oxygens (including phenoxy) is 2. The van der Waals surface area contributed by atoms with Crippen molar-refractivity contribution in [3.63, 3.8) is 0 Å². The minimum Gasteiger partial charge on any atom is -0.495 e. The van der Waals surface area contributed by atoms with Crippen LogP contribution in [0.5, 0.6) is 11.5 Å². The predicted octanol–water partition coefficient (Wildman–Crippen LogP) is 5.81. The van der Waals surface area contributed by atoms with Crippen LogP contribution in [0.1, 0.15) is 12.8 Å². The molecule has 32 heavy (non-hydrogen) atoms. The molecule has 2 heterocycles. The lowest BCUT2D eigenvalue weighted by Gasteiger charge is -2.31. The molecule has 3 aromatic rings. The standard InChI is InChI=1S/C23H24F3N3O2S/c1-30-21-7-4-17(24)14-19(21)27-22-28-20(15-32-22)16-2-5-18(6-3-16)31-13-12-29-10-8-23(25,26)9-11-29/h2-7,14-15H,8-13H2,1H3,(H,27,28). The molecule has 1 saturated heterocycles. The van der Waals surface area contributed by atoms with E-state index in [2.05, 4.69) is 10.3 Å². The van der Waals surface area contributed by atoms with Crippen molar-refractivity contribution < 1.29 is 22.6 Å². The maximum Gasteiger partial charge on any atom is 0.250 e. The molecular formula is C23H24F3N3O2S. The molecule has 1 aliphatic rings. The zero-order chi connectivity index (χ0) is 22.6. The molecule has 2 aromatic carbocycles. The van der Waals surface area contributed by atoms with E-state index in [1.807, 2.05) is 34.5 Å². The SMILES string of the molecule is COc1ccc(F)cc1Nc1nc(-c2ccc(OCCN3CCC(F)(F)CC3)cc2)cs1. The number of aromatic nitrogens is 1. The Balaban J connectivity index is 1.31. The number of hydrogen-bond acceptors (Lipinski definition) is 6. The number of thiazole rings is 1. The fourth-order valence-electron chi connectivity index (χ4n) is 3.48. The normalized spacial score (nSPS) is 16.0. The second kappa shape index (κ2) is 9.79. The van der Waals surface area contributed by atoms with Gasteiger partial charge in [0.25, 0.3) is 5.92 Å². The van der Waals surface area contributed by atoms with Gasteiger partial charge in [-0.25, -0.2) is 18.2 Å². The number of methoxy groups -OCH3 is 1. The van der Waals surface area contributed by atoms with Crippen LogP contribution in [0.25, 0.3) is 11.3 Å². The molecule has 0 spiro atoms. The number of nitrogens with one attached hydrogen (secondary N) is 1. The fraction of sp³-hybridized carbons (Fsp3) is 0.348. The first-order valence-corrected chi connectivity index (χ1v) is 11.2. The van der Waals surface area contributed by atoms with Gasteiger partial charge in [0.05, 0.1) is 18.5 Å². The van der Waals surface area contributed by atoms with Crippen LogP contribution < -0.4 is 14.8 Å². The monoisotopic (exact) mass is 463 g/mol. The molecule has 5 nitrogen and oxygen atoms in total. The Morgan fingerprint density at radius 1 is 1.12 bits per heavy atom. The maximum atomic E-state index is 13.6. The van der Waals surface area contributed by atoms with Crippen LogP contribution in [-0.2, 0) is 0 Å². The third-order valence-electron chi connectivity index (χ3n) is 5.32. The van der Waals surface area contributed by atoms with Crippen molar-refractivity contribution in [2.24, 2.45) is 0 Å². The van der Waals surface area contributed by atoms with Crippen molar-refractivity contribution in [3.8, 4) is 22.8 Å². The Morgan fingerprint density at radius 2 is 1.88 bits per heavy atom. The van der Waals surface area contributed by atoms with Gasteiger partial charge in [0.2, 0.25) is 0 Å². The minimum absolute atomic E-state index is 0.0851. The number of rotatable bonds is 8. The van der Waals surface area contributed by atoms with Gasteiger partial charge in [-0.3, -0.25) is 4.90 Å². The molecule has 1 aromatic heterocycles. The van der Waals surface area contributed by atoms with Crippen molar-refractivity contribution in [1.82, 2.24) is 9.88 Å². The molecule has 1 fully saturated rings. The zero-order valence-corrected chi connectivity index (χ0v) is 18.4. The Morgan fingerprint density at radius 3 is 2.59 bits per heavy atom. The Kier molecular flexibility index (Phi) is 6.86. The first-order valence-electron chi connectivity index (χ1n) is 10.3. The lowest BCUT2D eigenvalue weighted by molar-refractivity contribution is -0.0564. The summed E-state index contributed by atoms with van der Waals surface area (Å²) in [5, 5.41) is 5.63. The zero-order valence-electron chi connectivity index (χ0n) is 17.6. The van der Waals surface area contributed by atoms with E-state index in [-0.39, 0.29) is 18.7 Å². The third kappa shape index (κ3) is 5.72. The summed E-state index contributed by atoms with van der Waals surface area (Å²) >= 11 is 1.41. The number of likely N-dealkylation sites (tertiary alicyclic amines) is 1. The van der Waals surface area contributed by atoms with Crippen LogP contribution in [0, 0.1) is 5.82 Å². The van der Waals surface area contributed by atoms with Crippen molar-refractivity contribution in [3.05, 3.63) is 53.7 Å². The van der Waals surface area contributed by atoms with Crippen LogP contribution in [0.2, 0.25) is 0 Å². The molecule has 9 heteroatoms. The number of nitrogens with zero attached hydrogens (tertiary/aromatic N) is 2. The largest absolute Gasteiger partial charge is 0.495 e. The van der Waals surface area contributed by atoms with E-state index in [1.165, 1.54) is 30.6 Å². The van der Waals surface area contributed by atoms with E-state index in [0.29, 0.717) is 48.6 Å². The van der Waals surface area contributed by atoms with Gasteiger partial charge in [0, 0.05) is 49.5 Å². The highest BCUT2D eigenvalue weighted by atomic mass is 32.1. The molecule has 4 rings (SSSR count). The first-order chi connectivity index (χ1) is 15.4. The van der Waals surface area contributed by atoms with Crippen LogP contribution >= 0.6 is 11.3 Å². The summed E-state index contributed by atoms with van der Waals surface area (Å²) in [5.41, 5.74) is 2.22. The van der Waals surface area contributed by atoms with Gasteiger partial charge in [-0.1, -0.05) is 0 Å². The van der Waals surface area contributed by atoms with Gasteiger partial charge in [-0.15, -0.1) is 11.3 Å². The molecule has 1 N–H and O–H groups in total. The Labute approximate surface area is 188 Å². The van der Waals surface area contributed by atoms with Crippen molar-refractivity contribution >= 4 is 22.2 Å². The van der Waals surface area contributed by atoms with Crippen LogP contribution in [-0.4, -0.2) is 49.2 Å². The highest BCUT2D eigenvalue weighted by Gasteiger charge is 2.33. The molecule has 0 unspecified atom stereocenters. The summed E-state index contributed by atoms with van der Waals surface area (Å²) in [6.45, 7) is 1.88. The molecule has 0 saturated carbocycles. The van der Waals surface area contributed by atoms with Gasteiger partial charge in [0.1, 0.15) is 23.9 Å². The average Bonchev–Trinajstić information content (AvgIpc) is 3.24. The van der Waals surface area contributed by atoms with E-state index in [9.17, 15) is 13.2 Å². The van der Waals surface area contributed by atoms with E-state index < -0.39 is 5.92 Å². The highest BCUT2D eigenvalue weighted by molar-refractivity contribution is 7.14. The summed E-state index contributed by atoms with van der Waals surface area (Å²) in [6, 6.07) is 11.8. The number of piperidine rings is 1. The second-order valence-electron chi connectivity index (χ2n) is 7.58. The van der Waals surface area contributed by atoms with Crippen LogP contribution in [0.15, 0.2) is 47.8 Å². The third-order valence-corrected chi connectivity index (χ3v) is 6.08. The number of halogens is 3. The van der Waals surface area contributed by atoms with E-state index in [0.717, 1.165) is 11.3 Å². The van der Waals surface area contributed by atoms with Gasteiger partial charge >= 0.3 is 0 Å². The Hall–Kier alpha value is -2.78. The molecule has 0 radical (unpaired) electrons. The molecular weight excluding hydrogens is 439 g/mol. The smallest absolute Gasteiger partial charge is 0.250 e. The highest BCUT2D eigenvalue weighted by Crippen LogP contribution is 2.32. The van der Waals surface area contributed by atoms with E-state index >= 15 is 0 Å². The lowest BCUT2D eigenvalue weighted by atomic mass is 10.1.